The molecular weight excluding hydrogens is 342 g/mol. The monoisotopic (exact) mass is 367 g/mol. The molecule has 25 heavy (non-hydrogen) atoms. The van der Waals surface area contributed by atoms with Crippen LogP contribution in [0.25, 0.3) is 0 Å². The predicted molar refractivity (Wildman–Crippen MR) is 92.7 cm³/mol. The van der Waals surface area contributed by atoms with Gasteiger partial charge in [0.2, 0.25) is 10.0 Å². The van der Waals surface area contributed by atoms with Crippen LogP contribution in [0.5, 0.6) is 0 Å². The summed E-state index contributed by atoms with van der Waals surface area (Å²) in [5, 5.41) is 20.2. The van der Waals surface area contributed by atoms with Crippen molar-refractivity contribution in [1.82, 2.24) is 4.31 Å². The van der Waals surface area contributed by atoms with Gasteiger partial charge in [-0.2, -0.15) is 4.31 Å². The van der Waals surface area contributed by atoms with E-state index in [-0.39, 0.29) is 30.3 Å². The molecule has 0 spiro atoms. The summed E-state index contributed by atoms with van der Waals surface area (Å²) in [6.45, 7) is 3.72. The summed E-state index contributed by atoms with van der Waals surface area (Å²) in [6, 6.07) is 4.95. The quantitative estimate of drug-likeness (QED) is 0.829. The molecule has 0 amide bonds. The van der Waals surface area contributed by atoms with Crippen molar-refractivity contribution >= 4 is 16.0 Å². The third-order valence-corrected chi connectivity index (χ3v) is 7.48. The van der Waals surface area contributed by atoms with Crippen LogP contribution in [-0.4, -0.2) is 48.1 Å². The molecule has 138 valence electrons. The predicted octanol–water partition coefficient (Wildman–Crippen LogP) is 1.93. The van der Waals surface area contributed by atoms with Crippen molar-refractivity contribution in [3.8, 4) is 0 Å². The Morgan fingerprint density at radius 3 is 2.48 bits per heavy atom. The number of sulfonamides is 1. The number of benzene rings is 1. The Bertz CT molecular complexity index is 787. The third-order valence-electron chi connectivity index (χ3n) is 5.64. The van der Waals surface area contributed by atoms with Crippen LogP contribution in [0.2, 0.25) is 0 Å². The highest BCUT2D eigenvalue weighted by Gasteiger charge is 2.53. The lowest BCUT2D eigenvalue weighted by atomic mass is 9.74. The maximum atomic E-state index is 13.0. The normalized spacial score (nSPS) is 28.0. The lowest BCUT2D eigenvalue weighted by Crippen LogP contribution is -2.57. The highest BCUT2D eigenvalue weighted by atomic mass is 32.2. The van der Waals surface area contributed by atoms with Crippen LogP contribution in [0.3, 0.4) is 0 Å². The van der Waals surface area contributed by atoms with Gasteiger partial charge in [0.15, 0.2) is 0 Å². The van der Waals surface area contributed by atoms with E-state index in [1.54, 1.807) is 18.2 Å². The average molecular weight is 367 g/mol. The highest BCUT2D eigenvalue weighted by molar-refractivity contribution is 7.89. The number of aryl methyl sites for hydroxylation is 2. The summed E-state index contributed by atoms with van der Waals surface area (Å²) in [4.78, 5) is 12.2. The minimum absolute atomic E-state index is 0.135. The third kappa shape index (κ3) is 3.32. The Morgan fingerprint density at radius 1 is 1.24 bits per heavy atom. The summed E-state index contributed by atoms with van der Waals surface area (Å²) < 4.78 is 27.3. The van der Waals surface area contributed by atoms with Gasteiger partial charge < -0.3 is 10.2 Å². The number of carboxylic acids is 1. The Hall–Kier alpha value is -1.44. The first-order valence-electron chi connectivity index (χ1n) is 8.66. The van der Waals surface area contributed by atoms with E-state index in [9.17, 15) is 23.4 Å². The zero-order chi connectivity index (χ0) is 18.4. The molecule has 3 rings (SSSR count). The second-order valence-corrected chi connectivity index (χ2v) is 9.44. The van der Waals surface area contributed by atoms with Gasteiger partial charge >= 0.3 is 5.97 Å². The van der Waals surface area contributed by atoms with Crippen LogP contribution in [0, 0.1) is 25.2 Å². The minimum Gasteiger partial charge on any atom is -0.481 e. The number of rotatable bonds is 5. The van der Waals surface area contributed by atoms with E-state index in [1.807, 2.05) is 13.8 Å². The van der Waals surface area contributed by atoms with Gasteiger partial charge in [0.1, 0.15) is 5.41 Å². The molecule has 2 aliphatic rings. The van der Waals surface area contributed by atoms with Gasteiger partial charge in [-0.1, -0.05) is 18.9 Å². The molecule has 6 nitrogen and oxygen atoms in total. The molecule has 2 atom stereocenters. The first-order valence-corrected chi connectivity index (χ1v) is 10.1. The molecule has 1 saturated heterocycles. The van der Waals surface area contributed by atoms with Gasteiger partial charge in [0, 0.05) is 13.1 Å². The molecular formula is C18H25NO5S. The van der Waals surface area contributed by atoms with Crippen LogP contribution < -0.4 is 0 Å². The maximum Gasteiger partial charge on any atom is 0.313 e. The molecule has 0 bridgehead atoms. The minimum atomic E-state index is -3.79. The van der Waals surface area contributed by atoms with Crippen molar-refractivity contribution in [2.75, 3.05) is 13.1 Å². The molecule has 1 aromatic rings. The van der Waals surface area contributed by atoms with Crippen molar-refractivity contribution in [3.05, 3.63) is 29.3 Å². The largest absolute Gasteiger partial charge is 0.481 e. The summed E-state index contributed by atoms with van der Waals surface area (Å²) in [6.07, 6.45) is 1.36. The number of aliphatic hydroxyl groups excluding tert-OH is 1. The summed E-state index contributed by atoms with van der Waals surface area (Å²) in [7, 11) is -3.79. The van der Waals surface area contributed by atoms with E-state index < -0.39 is 27.5 Å². The SMILES string of the molecule is Cc1ccc(S(=O)(=O)N2CCC(O)[C@@](CC3CC3)(C(=O)O)C2)cc1C. The Balaban J connectivity index is 1.93. The fraction of sp³-hybridized carbons (Fsp3) is 0.611. The zero-order valence-corrected chi connectivity index (χ0v) is 15.4. The van der Waals surface area contributed by atoms with Crippen molar-refractivity contribution in [3.63, 3.8) is 0 Å². The number of piperidine rings is 1. The molecule has 2 N–H and O–H groups in total. The van der Waals surface area contributed by atoms with Gasteiger partial charge in [0.05, 0.1) is 11.0 Å². The smallest absolute Gasteiger partial charge is 0.313 e. The molecule has 1 saturated carbocycles. The topological polar surface area (TPSA) is 94.9 Å². The lowest BCUT2D eigenvalue weighted by molar-refractivity contribution is -0.162. The number of carbonyl (C=O) groups is 1. The molecule has 1 heterocycles. The standard InChI is InChI=1S/C18H25NO5S/c1-12-3-6-15(9-13(12)2)25(23,24)19-8-7-16(20)18(11-19,17(21)22)10-14-4-5-14/h3,6,9,14,16,20H,4-5,7-8,10-11H2,1-2H3,(H,21,22)/t16?,18-/m0/s1. The first-order chi connectivity index (χ1) is 11.7. The number of aliphatic carboxylic acids is 1. The second-order valence-electron chi connectivity index (χ2n) is 7.50. The van der Waals surface area contributed by atoms with Crippen molar-refractivity contribution in [1.29, 1.82) is 0 Å². The van der Waals surface area contributed by atoms with Gasteiger partial charge in [-0.3, -0.25) is 4.79 Å². The fourth-order valence-electron chi connectivity index (χ4n) is 3.61. The highest BCUT2D eigenvalue weighted by Crippen LogP contribution is 2.45. The van der Waals surface area contributed by atoms with E-state index in [2.05, 4.69) is 0 Å². The van der Waals surface area contributed by atoms with Gasteiger partial charge in [-0.05, 0) is 55.9 Å². The number of carboxylic acid groups (broad SMARTS) is 1. The van der Waals surface area contributed by atoms with E-state index in [0.29, 0.717) is 6.42 Å². The summed E-state index contributed by atoms with van der Waals surface area (Å²) >= 11 is 0. The molecule has 1 unspecified atom stereocenters. The number of aliphatic hydroxyl groups is 1. The van der Waals surface area contributed by atoms with E-state index in [0.717, 1.165) is 24.0 Å². The van der Waals surface area contributed by atoms with Crippen molar-refractivity contribution in [2.45, 2.75) is 50.5 Å². The molecule has 1 aromatic carbocycles. The fourth-order valence-corrected chi connectivity index (χ4v) is 5.22. The maximum absolute atomic E-state index is 13.0. The Kier molecular flexibility index (Phi) is 4.68. The summed E-state index contributed by atoms with van der Waals surface area (Å²) in [5.41, 5.74) is 0.467. The van der Waals surface area contributed by atoms with Crippen molar-refractivity contribution < 1.29 is 23.4 Å². The van der Waals surface area contributed by atoms with Crippen LogP contribution in [0.15, 0.2) is 23.1 Å². The Labute approximate surface area is 148 Å². The number of nitrogens with zero attached hydrogens (tertiary/aromatic N) is 1. The lowest BCUT2D eigenvalue weighted by Gasteiger charge is -2.42. The van der Waals surface area contributed by atoms with Gasteiger partial charge in [-0.25, -0.2) is 8.42 Å². The average Bonchev–Trinajstić information content (AvgIpc) is 3.35. The van der Waals surface area contributed by atoms with E-state index in [4.69, 9.17) is 0 Å². The van der Waals surface area contributed by atoms with Crippen LogP contribution >= 0.6 is 0 Å². The van der Waals surface area contributed by atoms with Crippen LogP contribution in [0.1, 0.15) is 36.8 Å². The van der Waals surface area contributed by atoms with Gasteiger partial charge in [0.25, 0.3) is 0 Å². The number of hydrogen-bond acceptors (Lipinski definition) is 4. The summed E-state index contributed by atoms with van der Waals surface area (Å²) in [5.74, 6) is -0.832. The molecule has 0 aromatic heterocycles. The Morgan fingerprint density at radius 2 is 1.92 bits per heavy atom. The molecule has 1 aliphatic carbocycles. The first kappa shape index (κ1) is 18.4. The molecule has 0 radical (unpaired) electrons. The van der Waals surface area contributed by atoms with E-state index >= 15 is 0 Å². The molecule has 2 fully saturated rings. The van der Waals surface area contributed by atoms with Crippen LogP contribution in [-0.2, 0) is 14.8 Å². The molecule has 7 heteroatoms. The van der Waals surface area contributed by atoms with E-state index in [1.165, 1.54) is 4.31 Å². The molecule has 1 aliphatic heterocycles. The van der Waals surface area contributed by atoms with Crippen LogP contribution in [0.4, 0.5) is 0 Å². The second kappa shape index (κ2) is 6.37. The zero-order valence-electron chi connectivity index (χ0n) is 14.6. The number of hydrogen-bond donors (Lipinski definition) is 2. The van der Waals surface area contributed by atoms with Gasteiger partial charge in [-0.15, -0.1) is 0 Å². The van der Waals surface area contributed by atoms with Crippen molar-refractivity contribution in [2.24, 2.45) is 11.3 Å².